The van der Waals surface area contributed by atoms with Crippen LogP contribution in [-0.2, 0) is 6.54 Å². The molecule has 0 atom stereocenters. The summed E-state index contributed by atoms with van der Waals surface area (Å²) in [6, 6.07) is 8.62. The van der Waals surface area contributed by atoms with Crippen molar-refractivity contribution in [3.63, 3.8) is 0 Å². The first-order valence-electron chi connectivity index (χ1n) is 10.3. The summed E-state index contributed by atoms with van der Waals surface area (Å²) in [6.07, 6.45) is 7.96. The molecular formula is C22H37IN4O. The molecule has 6 heteroatoms. The first-order chi connectivity index (χ1) is 13.1. The zero-order valence-electron chi connectivity index (χ0n) is 17.6. The van der Waals surface area contributed by atoms with Gasteiger partial charge in [0.2, 0.25) is 0 Å². The molecule has 1 aromatic rings. The molecule has 28 heavy (non-hydrogen) atoms. The SMILES string of the molecule is CCCC(O)(CCC)CNC(=NCc1ccc(N2CC=CC2)cc1)NCC.I. The van der Waals surface area contributed by atoms with Crippen LogP contribution in [0.15, 0.2) is 41.4 Å². The van der Waals surface area contributed by atoms with Crippen molar-refractivity contribution in [3.8, 4) is 0 Å². The van der Waals surface area contributed by atoms with Crippen molar-refractivity contribution < 1.29 is 5.11 Å². The van der Waals surface area contributed by atoms with Crippen LogP contribution in [-0.4, -0.2) is 42.8 Å². The molecule has 2 rings (SSSR count). The summed E-state index contributed by atoms with van der Waals surface area (Å²) >= 11 is 0. The lowest BCUT2D eigenvalue weighted by atomic mass is 9.93. The second-order valence-corrected chi connectivity index (χ2v) is 7.32. The van der Waals surface area contributed by atoms with Crippen molar-refractivity contribution in [2.75, 3.05) is 31.1 Å². The second kappa shape index (κ2) is 13.0. The van der Waals surface area contributed by atoms with Crippen LogP contribution in [0.5, 0.6) is 0 Å². The van der Waals surface area contributed by atoms with Crippen LogP contribution in [0, 0.1) is 0 Å². The van der Waals surface area contributed by atoms with Gasteiger partial charge in [0.05, 0.1) is 12.1 Å². The van der Waals surface area contributed by atoms with Gasteiger partial charge in [-0.1, -0.05) is 51.0 Å². The number of hydrogen-bond donors (Lipinski definition) is 3. The summed E-state index contributed by atoms with van der Waals surface area (Å²) in [5, 5.41) is 17.4. The van der Waals surface area contributed by atoms with Gasteiger partial charge in [-0.2, -0.15) is 0 Å². The van der Waals surface area contributed by atoms with Crippen LogP contribution in [0.4, 0.5) is 5.69 Å². The maximum atomic E-state index is 10.8. The van der Waals surface area contributed by atoms with Crippen LogP contribution in [0.2, 0.25) is 0 Å². The Bertz CT molecular complexity index is 601. The van der Waals surface area contributed by atoms with Crippen molar-refractivity contribution in [3.05, 3.63) is 42.0 Å². The number of benzene rings is 1. The van der Waals surface area contributed by atoms with Gasteiger partial charge < -0.3 is 20.6 Å². The van der Waals surface area contributed by atoms with Gasteiger partial charge in [0.25, 0.3) is 0 Å². The van der Waals surface area contributed by atoms with Gasteiger partial charge in [-0.15, -0.1) is 24.0 Å². The van der Waals surface area contributed by atoms with E-state index in [-0.39, 0.29) is 24.0 Å². The molecule has 0 aliphatic carbocycles. The lowest BCUT2D eigenvalue weighted by molar-refractivity contribution is 0.0257. The van der Waals surface area contributed by atoms with Crippen LogP contribution < -0.4 is 15.5 Å². The molecule has 3 N–H and O–H groups in total. The predicted molar refractivity (Wildman–Crippen MR) is 131 cm³/mol. The number of nitrogens with zero attached hydrogens (tertiary/aromatic N) is 2. The Labute approximate surface area is 187 Å². The molecule has 0 unspecified atom stereocenters. The fourth-order valence-electron chi connectivity index (χ4n) is 3.49. The largest absolute Gasteiger partial charge is 0.388 e. The number of hydrogen-bond acceptors (Lipinski definition) is 3. The van der Waals surface area contributed by atoms with Crippen molar-refractivity contribution in [2.45, 2.75) is 58.6 Å². The van der Waals surface area contributed by atoms with Crippen molar-refractivity contribution in [1.82, 2.24) is 10.6 Å². The Hall–Kier alpha value is -1.28. The number of nitrogens with one attached hydrogen (secondary N) is 2. The van der Waals surface area contributed by atoms with Crippen molar-refractivity contribution >= 4 is 35.6 Å². The standard InChI is InChI=1S/C22H36N4O.HI/c1-4-13-22(27,14-5-2)18-25-21(23-6-3)24-17-19-9-11-20(12-10-19)26-15-7-8-16-26;/h7-12,27H,4-6,13-18H2,1-3H3,(H2,23,24,25);1H. The van der Waals surface area contributed by atoms with Crippen LogP contribution >= 0.6 is 24.0 Å². The number of aliphatic hydroxyl groups is 1. The van der Waals surface area contributed by atoms with E-state index in [0.717, 1.165) is 51.3 Å². The monoisotopic (exact) mass is 500 g/mol. The highest BCUT2D eigenvalue weighted by molar-refractivity contribution is 14.0. The summed E-state index contributed by atoms with van der Waals surface area (Å²) in [4.78, 5) is 7.03. The molecule has 1 aromatic carbocycles. The van der Waals surface area contributed by atoms with Gasteiger partial charge in [-0.3, -0.25) is 0 Å². The molecule has 0 aromatic heterocycles. The second-order valence-electron chi connectivity index (χ2n) is 7.32. The quantitative estimate of drug-likeness (QED) is 0.196. The molecule has 0 saturated carbocycles. The third-order valence-electron chi connectivity index (χ3n) is 4.90. The zero-order valence-corrected chi connectivity index (χ0v) is 19.9. The summed E-state index contributed by atoms with van der Waals surface area (Å²) < 4.78 is 0. The van der Waals surface area contributed by atoms with Gasteiger partial charge in [-0.05, 0) is 37.5 Å². The van der Waals surface area contributed by atoms with Gasteiger partial charge in [0, 0.05) is 31.9 Å². The summed E-state index contributed by atoms with van der Waals surface area (Å²) in [5.41, 5.74) is 1.77. The molecule has 0 spiro atoms. The number of halogens is 1. The molecule has 158 valence electrons. The smallest absolute Gasteiger partial charge is 0.191 e. The third kappa shape index (κ3) is 7.99. The maximum absolute atomic E-state index is 10.8. The van der Waals surface area contributed by atoms with Gasteiger partial charge in [0.15, 0.2) is 5.96 Å². The molecule has 0 bridgehead atoms. The lowest BCUT2D eigenvalue weighted by Gasteiger charge is -2.28. The van der Waals surface area contributed by atoms with E-state index in [2.05, 4.69) is 72.7 Å². The van der Waals surface area contributed by atoms with E-state index >= 15 is 0 Å². The van der Waals surface area contributed by atoms with Crippen molar-refractivity contribution in [1.29, 1.82) is 0 Å². The first-order valence-corrected chi connectivity index (χ1v) is 10.3. The highest BCUT2D eigenvalue weighted by Gasteiger charge is 2.24. The topological polar surface area (TPSA) is 59.9 Å². The van der Waals surface area contributed by atoms with E-state index in [9.17, 15) is 5.11 Å². The van der Waals surface area contributed by atoms with Crippen molar-refractivity contribution in [2.24, 2.45) is 4.99 Å². The van der Waals surface area contributed by atoms with E-state index in [1.807, 2.05) is 0 Å². The van der Waals surface area contributed by atoms with E-state index in [0.29, 0.717) is 13.1 Å². The molecule has 1 aliphatic heterocycles. The average molecular weight is 500 g/mol. The van der Waals surface area contributed by atoms with E-state index in [1.165, 1.54) is 11.3 Å². The normalized spacial score (nSPS) is 14.1. The minimum absolute atomic E-state index is 0. The van der Waals surface area contributed by atoms with E-state index < -0.39 is 5.60 Å². The Kier molecular flexibility index (Phi) is 11.5. The third-order valence-corrected chi connectivity index (χ3v) is 4.90. The highest BCUT2D eigenvalue weighted by Crippen LogP contribution is 2.19. The molecular weight excluding hydrogens is 463 g/mol. The summed E-state index contributed by atoms with van der Waals surface area (Å²) in [6.45, 7) is 10.2. The van der Waals surface area contributed by atoms with Gasteiger partial charge in [-0.25, -0.2) is 4.99 Å². The Morgan fingerprint density at radius 1 is 1.04 bits per heavy atom. The maximum Gasteiger partial charge on any atom is 0.191 e. The fourth-order valence-corrected chi connectivity index (χ4v) is 3.49. The van der Waals surface area contributed by atoms with E-state index in [4.69, 9.17) is 4.99 Å². The number of anilines is 1. The Morgan fingerprint density at radius 2 is 1.64 bits per heavy atom. The lowest BCUT2D eigenvalue weighted by Crippen LogP contribution is -2.47. The van der Waals surface area contributed by atoms with Crippen LogP contribution in [0.25, 0.3) is 0 Å². The number of aliphatic imine (C=N–C) groups is 1. The summed E-state index contributed by atoms with van der Waals surface area (Å²) in [7, 11) is 0. The predicted octanol–water partition coefficient (Wildman–Crippen LogP) is 4.07. The molecule has 5 nitrogen and oxygen atoms in total. The van der Waals surface area contributed by atoms with Gasteiger partial charge >= 0.3 is 0 Å². The average Bonchev–Trinajstić information content (AvgIpc) is 3.20. The Balaban J connectivity index is 0.00000392. The Morgan fingerprint density at radius 3 is 2.18 bits per heavy atom. The minimum Gasteiger partial charge on any atom is -0.388 e. The first kappa shape index (κ1) is 24.8. The molecule has 0 saturated heterocycles. The van der Waals surface area contributed by atoms with Gasteiger partial charge in [0.1, 0.15) is 0 Å². The summed E-state index contributed by atoms with van der Waals surface area (Å²) in [5.74, 6) is 0.760. The number of guanidine groups is 1. The minimum atomic E-state index is -0.662. The fraction of sp³-hybridized carbons (Fsp3) is 0.591. The van der Waals surface area contributed by atoms with E-state index in [1.54, 1.807) is 0 Å². The van der Waals surface area contributed by atoms with Crippen LogP contribution in [0.1, 0.15) is 52.0 Å². The highest BCUT2D eigenvalue weighted by atomic mass is 127. The zero-order chi connectivity index (χ0) is 19.5. The molecule has 0 radical (unpaired) electrons. The van der Waals surface area contributed by atoms with Crippen LogP contribution in [0.3, 0.4) is 0 Å². The molecule has 0 fully saturated rings. The molecule has 0 amide bonds. The molecule has 1 heterocycles. The molecule has 1 aliphatic rings. The number of rotatable bonds is 10.